The van der Waals surface area contributed by atoms with Gasteiger partial charge < -0.3 is 15.0 Å². The fourth-order valence-corrected chi connectivity index (χ4v) is 1.81. The minimum atomic E-state index is -0.250. The Morgan fingerprint density at radius 3 is 3.00 bits per heavy atom. The summed E-state index contributed by atoms with van der Waals surface area (Å²) in [6.45, 7) is 0.339. The van der Waals surface area contributed by atoms with Crippen molar-refractivity contribution in [2.75, 3.05) is 12.3 Å². The summed E-state index contributed by atoms with van der Waals surface area (Å²) in [5.74, 6) is 0.650. The van der Waals surface area contributed by atoms with Crippen LogP contribution in [0.3, 0.4) is 0 Å². The van der Waals surface area contributed by atoms with E-state index in [9.17, 15) is 4.79 Å². The fraction of sp³-hybridized carbons (Fsp3) is 0.286. The molecule has 2 rings (SSSR count). The van der Waals surface area contributed by atoms with Gasteiger partial charge in [0.1, 0.15) is 5.82 Å². The number of nitrogens with two attached hydrogens (primary N) is 1. The van der Waals surface area contributed by atoms with E-state index in [2.05, 4.69) is 4.98 Å². The van der Waals surface area contributed by atoms with E-state index in [-0.39, 0.29) is 12.4 Å². The van der Waals surface area contributed by atoms with E-state index in [4.69, 9.17) is 10.5 Å². The van der Waals surface area contributed by atoms with E-state index in [0.29, 0.717) is 18.7 Å². The molecular weight excluding hydrogens is 242 g/mol. The predicted molar refractivity (Wildman–Crippen MR) is 72.4 cm³/mol. The average molecular weight is 259 g/mol. The molecule has 5 heteroatoms. The molecule has 0 radical (unpaired) electrons. The molecule has 0 amide bonds. The van der Waals surface area contributed by atoms with Gasteiger partial charge in [0.15, 0.2) is 0 Å². The van der Waals surface area contributed by atoms with Crippen LogP contribution in [0.15, 0.2) is 36.7 Å². The molecule has 1 heterocycles. The summed E-state index contributed by atoms with van der Waals surface area (Å²) in [5, 5.41) is 0. The highest BCUT2D eigenvalue weighted by Crippen LogP contribution is 2.08. The molecule has 5 nitrogen and oxygen atoms in total. The van der Waals surface area contributed by atoms with Crippen LogP contribution in [0.1, 0.15) is 11.4 Å². The summed E-state index contributed by atoms with van der Waals surface area (Å²) >= 11 is 0. The summed E-state index contributed by atoms with van der Waals surface area (Å²) in [7, 11) is 1.91. The number of benzene rings is 1. The van der Waals surface area contributed by atoms with Crippen LogP contribution in [0.5, 0.6) is 0 Å². The maximum Gasteiger partial charge on any atom is 0.310 e. The lowest BCUT2D eigenvalue weighted by Gasteiger charge is -2.05. The standard InChI is InChI=1S/C14H17N3O2/c1-17-7-6-16-13(17)5-8-19-14(18)10-11-3-2-4-12(15)9-11/h2-4,6-7,9H,5,8,10,15H2,1H3. The molecule has 2 N–H and O–H groups in total. The number of aryl methyl sites for hydroxylation is 1. The van der Waals surface area contributed by atoms with E-state index in [0.717, 1.165) is 11.4 Å². The number of hydrogen-bond donors (Lipinski definition) is 1. The van der Waals surface area contributed by atoms with Crippen molar-refractivity contribution in [3.8, 4) is 0 Å². The smallest absolute Gasteiger partial charge is 0.310 e. The zero-order chi connectivity index (χ0) is 13.7. The molecule has 1 aromatic heterocycles. The lowest BCUT2D eigenvalue weighted by atomic mass is 10.1. The van der Waals surface area contributed by atoms with Gasteiger partial charge in [0.25, 0.3) is 0 Å². The van der Waals surface area contributed by atoms with Gasteiger partial charge in [-0.3, -0.25) is 4.79 Å². The highest BCUT2D eigenvalue weighted by molar-refractivity contribution is 5.73. The van der Waals surface area contributed by atoms with Crippen molar-refractivity contribution in [3.05, 3.63) is 48.0 Å². The molecule has 2 aromatic rings. The number of esters is 1. The normalized spacial score (nSPS) is 10.4. The van der Waals surface area contributed by atoms with Crippen molar-refractivity contribution < 1.29 is 9.53 Å². The minimum absolute atomic E-state index is 0.242. The number of imidazole rings is 1. The second-order valence-corrected chi connectivity index (χ2v) is 4.35. The first-order valence-corrected chi connectivity index (χ1v) is 6.11. The van der Waals surface area contributed by atoms with Gasteiger partial charge in [0.2, 0.25) is 0 Å². The Bertz CT molecular complexity index is 563. The van der Waals surface area contributed by atoms with Crippen LogP contribution in [0.2, 0.25) is 0 Å². The highest BCUT2D eigenvalue weighted by atomic mass is 16.5. The molecule has 0 aliphatic heterocycles. The van der Waals surface area contributed by atoms with Gasteiger partial charge in [-0.2, -0.15) is 0 Å². The highest BCUT2D eigenvalue weighted by Gasteiger charge is 2.06. The summed E-state index contributed by atoms with van der Waals surface area (Å²) in [4.78, 5) is 15.8. The first-order valence-electron chi connectivity index (χ1n) is 6.11. The topological polar surface area (TPSA) is 70.1 Å². The molecule has 0 atom stereocenters. The van der Waals surface area contributed by atoms with Gasteiger partial charge >= 0.3 is 5.97 Å². The first kappa shape index (κ1) is 13.1. The molecule has 0 spiro atoms. The molecule has 19 heavy (non-hydrogen) atoms. The van der Waals surface area contributed by atoms with Crippen LogP contribution in [0.4, 0.5) is 5.69 Å². The molecule has 0 aliphatic carbocycles. The van der Waals surface area contributed by atoms with Gasteiger partial charge in [-0.05, 0) is 17.7 Å². The molecule has 100 valence electrons. The van der Waals surface area contributed by atoms with Gasteiger partial charge in [-0.15, -0.1) is 0 Å². The first-order chi connectivity index (χ1) is 9.15. The number of ether oxygens (including phenoxy) is 1. The molecule has 0 unspecified atom stereocenters. The van der Waals surface area contributed by atoms with Crippen molar-refractivity contribution in [1.29, 1.82) is 0 Å². The number of anilines is 1. The van der Waals surface area contributed by atoms with Crippen molar-refractivity contribution in [2.24, 2.45) is 7.05 Å². The Hall–Kier alpha value is -2.30. The van der Waals surface area contributed by atoms with E-state index < -0.39 is 0 Å². The number of nitrogen functional groups attached to an aromatic ring is 1. The van der Waals surface area contributed by atoms with Crippen LogP contribution >= 0.6 is 0 Å². The molecule has 0 aliphatic rings. The van der Waals surface area contributed by atoms with Crippen molar-refractivity contribution in [3.63, 3.8) is 0 Å². The second-order valence-electron chi connectivity index (χ2n) is 4.35. The zero-order valence-corrected chi connectivity index (χ0v) is 10.9. The summed E-state index contributed by atoms with van der Waals surface area (Å²) < 4.78 is 7.09. The second kappa shape index (κ2) is 6.04. The van der Waals surface area contributed by atoms with Gasteiger partial charge in [0, 0.05) is 31.5 Å². The Morgan fingerprint density at radius 2 is 2.32 bits per heavy atom. The largest absolute Gasteiger partial charge is 0.465 e. The molecular formula is C14H17N3O2. The maximum atomic E-state index is 11.6. The van der Waals surface area contributed by atoms with Crippen LogP contribution in [0, 0.1) is 0 Å². The van der Waals surface area contributed by atoms with Gasteiger partial charge in [-0.1, -0.05) is 12.1 Å². The molecule has 0 saturated heterocycles. The fourth-order valence-electron chi connectivity index (χ4n) is 1.81. The quantitative estimate of drug-likeness (QED) is 0.649. The van der Waals surface area contributed by atoms with E-state index in [1.807, 2.05) is 29.9 Å². The molecule has 1 aromatic carbocycles. The van der Waals surface area contributed by atoms with E-state index in [1.54, 1.807) is 18.3 Å². The number of nitrogens with zero attached hydrogens (tertiary/aromatic N) is 2. The summed E-state index contributed by atoms with van der Waals surface area (Å²) in [6, 6.07) is 7.25. The zero-order valence-electron chi connectivity index (χ0n) is 10.9. The van der Waals surface area contributed by atoms with Gasteiger partial charge in [0.05, 0.1) is 13.0 Å². The average Bonchev–Trinajstić information content (AvgIpc) is 2.75. The molecule has 0 saturated carbocycles. The van der Waals surface area contributed by atoms with Crippen LogP contribution in [0.25, 0.3) is 0 Å². The Kier molecular flexibility index (Phi) is 4.18. The van der Waals surface area contributed by atoms with Crippen molar-refractivity contribution >= 4 is 11.7 Å². The van der Waals surface area contributed by atoms with E-state index >= 15 is 0 Å². The number of rotatable bonds is 5. The van der Waals surface area contributed by atoms with Crippen LogP contribution in [-0.2, 0) is 29.4 Å². The van der Waals surface area contributed by atoms with Gasteiger partial charge in [-0.25, -0.2) is 4.98 Å². The lowest BCUT2D eigenvalue weighted by molar-refractivity contribution is -0.142. The van der Waals surface area contributed by atoms with Crippen LogP contribution in [-0.4, -0.2) is 22.1 Å². The lowest BCUT2D eigenvalue weighted by Crippen LogP contribution is -2.12. The van der Waals surface area contributed by atoms with Crippen molar-refractivity contribution in [2.45, 2.75) is 12.8 Å². The van der Waals surface area contributed by atoms with E-state index in [1.165, 1.54) is 0 Å². The maximum absolute atomic E-state index is 11.6. The Morgan fingerprint density at radius 1 is 1.47 bits per heavy atom. The molecule has 0 fully saturated rings. The number of hydrogen-bond acceptors (Lipinski definition) is 4. The number of aromatic nitrogens is 2. The minimum Gasteiger partial charge on any atom is -0.465 e. The number of carbonyl (C=O) groups is 1. The third-order valence-corrected chi connectivity index (χ3v) is 2.81. The predicted octanol–water partition coefficient (Wildman–Crippen LogP) is 1.33. The van der Waals surface area contributed by atoms with Crippen molar-refractivity contribution in [1.82, 2.24) is 9.55 Å². The summed E-state index contributed by atoms with van der Waals surface area (Å²) in [6.07, 6.45) is 4.45. The third kappa shape index (κ3) is 3.84. The Labute approximate surface area is 112 Å². The SMILES string of the molecule is Cn1ccnc1CCOC(=O)Cc1cccc(N)c1. The summed E-state index contributed by atoms with van der Waals surface area (Å²) in [5.41, 5.74) is 7.17. The number of carbonyl (C=O) groups excluding carboxylic acids is 1. The monoisotopic (exact) mass is 259 g/mol. The van der Waals surface area contributed by atoms with Crippen LogP contribution < -0.4 is 5.73 Å². The Balaban J connectivity index is 1.77. The molecule has 0 bridgehead atoms. The third-order valence-electron chi connectivity index (χ3n) is 2.81.